The Morgan fingerprint density at radius 2 is 2.16 bits per heavy atom. The average molecular weight is 402 g/mol. The van der Waals surface area contributed by atoms with E-state index in [0.717, 1.165) is 4.88 Å². The minimum Gasteiger partial charge on any atom is -0.578 e. The molecule has 5 nitrogen and oxygen atoms in total. The largest absolute Gasteiger partial charge is 0.578 e. The smallest absolute Gasteiger partial charge is 0.246 e. The van der Waals surface area contributed by atoms with Crippen molar-refractivity contribution in [3.8, 4) is 0 Å². The molecule has 1 aromatic carbocycles. The third kappa shape index (κ3) is 3.84. The third-order valence-electron chi connectivity index (χ3n) is 4.18. The van der Waals surface area contributed by atoms with Crippen LogP contribution in [0.3, 0.4) is 0 Å². The number of nitrogens with zero attached hydrogens (tertiary/aromatic N) is 2. The molecule has 2 aromatic rings. The van der Waals surface area contributed by atoms with Crippen molar-refractivity contribution in [1.29, 1.82) is 0 Å². The number of anilines is 1. The van der Waals surface area contributed by atoms with Crippen molar-refractivity contribution < 1.29 is 13.7 Å². The molecule has 25 heavy (non-hydrogen) atoms. The van der Waals surface area contributed by atoms with Gasteiger partial charge in [0.25, 0.3) is 0 Å². The van der Waals surface area contributed by atoms with E-state index in [0.29, 0.717) is 12.1 Å². The molecule has 134 valence electrons. The maximum atomic E-state index is 13.3. The summed E-state index contributed by atoms with van der Waals surface area (Å²) in [7, 11) is 3.43. The predicted molar refractivity (Wildman–Crippen MR) is 99.2 cm³/mol. The molecule has 1 N–H and O–H groups in total. The molecule has 9 heteroatoms. The van der Waals surface area contributed by atoms with Crippen LogP contribution in [0.2, 0.25) is 5.02 Å². The average Bonchev–Trinajstić information content (AvgIpc) is 3.10. The molecule has 1 aromatic heterocycles. The molecule has 2 heterocycles. The van der Waals surface area contributed by atoms with Crippen LogP contribution in [-0.2, 0) is 16.3 Å². The lowest BCUT2D eigenvalue weighted by Crippen LogP contribution is -2.56. The van der Waals surface area contributed by atoms with Gasteiger partial charge in [-0.15, -0.1) is 15.6 Å². The summed E-state index contributed by atoms with van der Waals surface area (Å²) < 4.78 is 29.2. The van der Waals surface area contributed by atoms with Crippen LogP contribution in [0.25, 0.3) is 0 Å². The highest BCUT2D eigenvalue weighted by Gasteiger charge is 2.45. The molecule has 1 saturated heterocycles. The molecule has 1 amide bonds. The fraction of sp³-hybridized carbons (Fsp3) is 0.312. The van der Waals surface area contributed by atoms with E-state index in [1.54, 1.807) is 29.7 Å². The van der Waals surface area contributed by atoms with Gasteiger partial charge in [0.15, 0.2) is 0 Å². The zero-order chi connectivity index (χ0) is 18.1. The lowest BCUT2D eigenvalue weighted by Gasteiger charge is -2.40. The van der Waals surface area contributed by atoms with Gasteiger partial charge in [0.1, 0.15) is 23.4 Å². The van der Waals surface area contributed by atoms with Crippen LogP contribution < -0.4 is 5.32 Å². The maximum Gasteiger partial charge on any atom is 0.246 e. The molecule has 0 bridgehead atoms. The number of thiophene rings is 1. The van der Waals surface area contributed by atoms with E-state index in [1.165, 1.54) is 22.5 Å². The normalized spacial score (nSPS) is 25.1. The first-order chi connectivity index (χ1) is 11.9. The molecule has 3 unspecified atom stereocenters. The monoisotopic (exact) mass is 401 g/mol. The number of rotatable bonds is 3. The van der Waals surface area contributed by atoms with Crippen LogP contribution in [-0.4, -0.2) is 39.2 Å². The molecule has 0 radical (unpaired) electrons. The minimum absolute atomic E-state index is 0.0606. The fourth-order valence-electron chi connectivity index (χ4n) is 2.78. The number of benzene rings is 1. The molecule has 0 spiro atoms. The number of carbonyl (C=O) groups is 1. The van der Waals surface area contributed by atoms with Crippen LogP contribution in [0.1, 0.15) is 17.3 Å². The van der Waals surface area contributed by atoms with Crippen LogP contribution in [0.4, 0.5) is 10.1 Å². The van der Waals surface area contributed by atoms with E-state index in [2.05, 4.69) is 5.32 Å². The van der Waals surface area contributed by atoms with Crippen LogP contribution in [0.15, 0.2) is 35.7 Å². The van der Waals surface area contributed by atoms with E-state index in [4.69, 9.17) is 11.6 Å². The SMILES string of the molecule is CN1C(C(=O)Nc2ccc(F)c(Cl)c2)CC(c2cccs2)N(C)[S+]1[O-]. The maximum absolute atomic E-state index is 13.3. The van der Waals surface area contributed by atoms with Gasteiger partial charge in [0.2, 0.25) is 5.91 Å². The molecular formula is C16H17ClFN3O2S2. The summed E-state index contributed by atoms with van der Waals surface area (Å²) in [6.45, 7) is 0. The van der Waals surface area contributed by atoms with Gasteiger partial charge in [-0.1, -0.05) is 22.0 Å². The summed E-state index contributed by atoms with van der Waals surface area (Å²) in [5.41, 5.74) is 0.405. The second-order valence-electron chi connectivity index (χ2n) is 5.72. The first-order valence-corrected chi connectivity index (χ1v) is 9.87. The Hall–Kier alpha value is -1.16. The number of hydrogen-bond acceptors (Lipinski definition) is 5. The molecule has 1 aliphatic heterocycles. The second-order valence-corrected chi connectivity index (χ2v) is 8.72. The first-order valence-electron chi connectivity index (χ1n) is 7.55. The van der Waals surface area contributed by atoms with Crippen molar-refractivity contribution in [2.24, 2.45) is 0 Å². The molecule has 0 aliphatic carbocycles. The number of carbonyl (C=O) groups excluding carboxylic acids is 1. The van der Waals surface area contributed by atoms with Gasteiger partial charge >= 0.3 is 0 Å². The Bertz CT molecular complexity index is 762. The molecule has 0 saturated carbocycles. The van der Waals surface area contributed by atoms with Crippen molar-refractivity contribution in [2.45, 2.75) is 18.5 Å². The van der Waals surface area contributed by atoms with Gasteiger partial charge in [-0.05, 0) is 29.6 Å². The van der Waals surface area contributed by atoms with Crippen molar-refractivity contribution in [2.75, 3.05) is 19.4 Å². The van der Waals surface area contributed by atoms with E-state index in [-0.39, 0.29) is 17.0 Å². The van der Waals surface area contributed by atoms with Gasteiger partial charge in [0, 0.05) is 31.1 Å². The van der Waals surface area contributed by atoms with E-state index >= 15 is 0 Å². The highest BCUT2D eigenvalue weighted by molar-refractivity contribution is 7.86. The Kier molecular flexibility index (Phi) is 5.67. The molecular weight excluding hydrogens is 385 g/mol. The number of halogens is 2. The van der Waals surface area contributed by atoms with E-state index < -0.39 is 23.4 Å². The van der Waals surface area contributed by atoms with Gasteiger partial charge < -0.3 is 9.87 Å². The lowest BCUT2D eigenvalue weighted by atomic mass is 10.0. The van der Waals surface area contributed by atoms with Crippen molar-refractivity contribution in [3.63, 3.8) is 0 Å². The summed E-state index contributed by atoms with van der Waals surface area (Å²) in [5, 5.41) is 4.63. The Morgan fingerprint density at radius 3 is 2.80 bits per heavy atom. The van der Waals surface area contributed by atoms with Crippen LogP contribution in [0, 0.1) is 5.82 Å². The zero-order valence-corrected chi connectivity index (χ0v) is 16.0. The van der Waals surface area contributed by atoms with Crippen LogP contribution >= 0.6 is 22.9 Å². The number of amides is 1. The topological polar surface area (TPSA) is 58.6 Å². The Morgan fingerprint density at radius 1 is 1.40 bits per heavy atom. The number of likely N-dealkylation sites (N-methyl/N-ethyl adjacent to an activating group) is 1. The Labute approximate surface area is 157 Å². The standard InChI is InChI=1S/C16H17ClFN3O2S2/c1-20-13(15-4-3-7-24-15)9-14(21(2)25(20)23)16(22)19-10-5-6-12(18)11(17)8-10/h3-8,13-14H,9H2,1-2H3,(H,19,22). The number of nitrogens with one attached hydrogen (secondary N) is 1. The predicted octanol–water partition coefficient (Wildman–Crippen LogP) is 3.44. The van der Waals surface area contributed by atoms with Gasteiger partial charge in [-0.2, -0.15) is 0 Å². The molecule has 1 aliphatic rings. The summed E-state index contributed by atoms with van der Waals surface area (Å²) in [5.74, 6) is -0.844. The third-order valence-corrected chi connectivity index (χ3v) is 6.94. The summed E-state index contributed by atoms with van der Waals surface area (Å²) in [6.07, 6.45) is 0.500. The molecule has 3 rings (SSSR count). The van der Waals surface area contributed by atoms with Crippen LogP contribution in [0.5, 0.6) is 0 Å². The van der Waals surface area contributed by atoms with E-state index in [1.807, 2.05) is 17.5 Å². The van der Waals surface area contributed by atoms with Crippen molar-refractivity contribution >= 4 is 46.1 Å². The highest BCUT2D eigenvalue weighted by Crippen LogP contribution is 2.37. The molecule has 3 atom stereocenters. The minimum atomic E-state index is -1.43. The summed E-state index contributed by atoms with van der Waals surface area (Å²) in [6, 6.07) is 7.23. The van der Waals surface area contributed by atoms with Gasteiger partial charge in [-0.25, -0.2) is 4.39 Å². The van der Waals surface area contributed by atoms with Gasteiger partial charge in [-0.3, -0.25) is 4.79 Å². The summed E-state index contributed by atoms with van der Waals surface area (Å²) >= 11 is 5.89. The molecule has 1 fully saturated rings. The summed E-state index contributed by atoms with van der Waals surface area (Å²) in [4.78, 5) is 13.8. The highest BCUT2D eigenvalue weighted by atomic mass is 35.5. The number of hydrogen-bond donors (Lipinski definition) is 1. The Balaban J connectivity index is 1.79. The lowest BCUT2D eigenvalue weighted by molar-refractivity contribution is -0.120. The zero-order valence-electron chi connectivity index (χ0n) is 13.6. The first kappa shape index (κ1) is 18.6. The second kappa shape index (κ2) is 7.61. The van der Waals surface area contributed by atoms with Gasteiger partial charge in [0.05, 0.1) is 11.1 Å². The quantitative estimate of drug-likeness (QED) is 0.800. The fourth-order valence-corrected chi connectivity index (χ4v) is 5.13. The van der Waals surface area contributed by atoms with E-state index in [9.17, 15) is 13.7 Å². The van der Waals surface area contributed by atoms with Crippen molar-refractivity contribution in [3.05, 3.63) is 51.4 Å². The van der Waals surface area contributed by atoms with Crippen molar-refractivity contribution in [1.82, 2.24) is 8.61 Å².